The fourth-order valence-electron chi connectivity index (χ4n) is 2.00. The molecule has 8 heteroatoms. The van der Waals surface area contributed by atoms with Gasteiger partial charge in [-0.15, -0.1) is 22.7 Å². The Bertz CT molecular complexity index is 750. The van der Waals surface area contributed by atoms with E-state index in [1.54, 1.807) is 22.7 Å². The van der Waals surface area contributed by atoms with Crippen molar-refractivity contribution in [2.24, 2.45) is 0 Å². The summed E-state index contributed by atoms with van der Waals surface area (Å²) in [7, 11) is 0. The van der Waals surface area contributed by atoms with Gasteiger partial charge in [0.1, 0.15) is 10.0 Å². The van der Waals surface area contributed by atoms with E-state index in [0.29, 0.717) is 13.1 Å². The van der Waals surface area contributed by atoms with Crippen LogP contribution in [0.5, 0.6) is 0 Å². The molecule has 2 N–H and O–H groups in total. The highest BCUT2D eigenvalue weighted by atomic mass is 32.1. The Morgan fingerprint density at radius 1 is 0.909 bits per heavy atom. The monoisotopic (exact) mass is 334 g/mol. The van der Waals surface area contributed by atoms with Crippen LogP contribution in [0, 0.1) is 0 Å². The second-order valence-corrected chi connectivity index (χ2v) is 7.05. The summed E-state index contributed by atoms with van der Waals surface area (Å²) in [6.07, 6.45) is 0. The molecule has 22 heavy (non-hydrogen) atoms. The van der Waals surface area contributed by atoms with Crippen molar-refractivity contribution in [1.29, 1.82) is 0 Å². The van der Waals surface area contributed by atoms with Crippen LogP contribution < -0.4 is 10.6 Å². The average molecular weight is 334 g/mol. The molecule has 114 valence electrons. The Balaban J connectivity index is 1.88. The zero-order valence-corrected chi connectivity index (χ0v) is 13.7. The molecule has 0 radical (unpaired) electrons. The summed E-state index contributed by atoms with van der Waals surface area (Å²) in [6, 6.07) is 4.01. The molecule has 2 heterocycles. The molecule has 2 amide bonds. The molecule has 3 rings (SSSR count). The molecule has 0 atom stereocenters. The van der Waals surface area contributed by atoms with Crippen LogP contribution in [0.3, 0.4) is 0 Å². The lowest BCUT2D eigenvalue weighted by Gasteiger charge is -1.95. The number of benzene rings is 1. The smallest absolute Gasteiger partial charge is 0.217 e. The van der Waals surface area contributed by atoms with Crippen LogP contribution in [-0.2, 0) is 22.7 Å². The van der Waals surface area contributed by atoms with Gasteiger partial charge in [0, 0.05) is 13.8 Å². The third-order valence-corrected chi connectivity index (χ3v) is 5.00. The first kappa shape index (κ1) is 14.9. The van der Waals surface area contributed by atoms with Gasteiger partial charge in [-0.1, -0.05) is 0 Å². The van der Waals surface area contributed by atoms with Crippen LogP contribution in [0.2, 0.25) is 0 Å². The second kappa shape index (κ2) is 5.98. The van der Waals surface area contributed by atoms with Crippen molar-refractivity contribution < 1.29 is 9.59 Å². The molecule has 0 aliphatic carbocycles. The normalized spacial score (nSPS) is 11.0. The van der Waals surface area contributed by atoms with Gasteiger partial charge in [-0.3, -0.25) is 9.59 Å². The molecule has 0 aliphatic heterocycles. The number of hydrogen-bond acceptors (Lipinski definition) is 6. The van der Waals surface area contributed by atoms with E-state index in [1.807, 2.05) is 12.1 Å². The number of hydrogen-bond donors (Lipinski definition) is 2. The minimum Gasteiger partial charge on any atom is -0.350 e. The molecule has 2 aromatic heterocycles. The molecule has 6 nitrogen and oxygen atoms in total. The molecular formula is C14H14N4O2S2. The molecule has 0 saturated heterocycles. The molecule has 0 unspecified atom stereocenters. The summed E-state index contributed by atoms with van der Waals surface area (Å²) in [5, 5.41) is 7.25. The third-order valence-electron chi connectivity index (χ3n) is 2.96. The predicted octanol–water partition coefficient (Wildman–Crippen LogP) is 2.18. The minimum atomic E-state index is -0.0653. The van der Waals surface area contributed by atoms with Crippen LogP contribution >= 0.6 is 22.7 Å². The van der Waals surface area contributed by atoms with Crippen molar-refractivity contribution in [3.8, 4) is 0 Å². The summed E-state index contributed by atoms with van der Waals surface area (Å²) in [5.74, 6) is -0.131. The van der Waals surface area contributed by atoms with Crippen LogP contribution in [-0.4, -0.2) is 21.8 Å². The number of nitrogens with zero attached hydrogens (tertiary/aromatic N) is 2. The van der Waals surface area contributed by atoms with Gasteiger partial charge in [0.05, 0.1) is 33.5 Å². The summed E-state index contributed by atoms with van der Waals surface area (Å²) in [5.41, 5.74) is 1.82. The molecule has 0 saturated carbocycles. The molecular weight excluding hydrogens is 320 g/mol. The van der Waals surface area contributed by atoms with Gasteiger partial charge in [-0.2, -0.15) is 0 Å². The SMILES string of the molecule is CC(=O)NCc1nc2cc3sc(CNC(C)=O)nc3cc2s1. The zero-order valence-electron chi connectivity index (χ0n) is 12.1. The van der Waals surface area contributed by atoms with Crippen molar-refractivity contribution >= 4 is 54.9 Å². The number of rotatable bonds is 4. The maximum atomic E-state index is 11.0. The van der Waals surface area contributed by atoms with E-state index in [-0.39, 0.29) is 11.8 Å². The third kappa shape index (κ3) is 3.23. The van der Waals surface area contributed by atoms with Crippen molar-refractivity contribution in [3.63, 3.8) is 0 Å². The highest BCUT2D eigenvalue weighted by Crippen LogP contribution is 2.30. The molecule has 0 spiro atoms. The van der Waals surface area contributed by atoms with E-state index in [0.717, 1.165) is 30.4 Å². The highest BCUT2D eigenvalue weighted by molar-refractivity contribution is 7.20. The van der Waals surface area contributed by atoms with Crippen molar-refractivity contribution in [2.75, 3.05) is 0 Å². The first-order chi connectivity index (χ1) is 10.5. The average Bonchev–Trinajstić information content (AvgIpc) is 3.02. The fraction of sp³-hybridized carbons (Fsp3) is 0.286. The molecule has 1 aromatic carbocycles. The van der Waals surface area contributed by atoms with E-state index in [2.05, 4.69) is 20.6 Å². The standard InChI is InChI=1S/C14H14N4O2S2/c1-7(19)15-5-13-17-9-3-12-10(4-11(9)21-13)18-14(22-12)6-16-8(2)20/h3-4H,5-6H2,1-2H3,(H,15,19)(H,16,20). The van der Waals surface area contributed by atoms with Gasteiger partial charge in [0.25, 0.3) is 0 Å². The Hall–Kier alpha value is -2.06. The summed E-state index contributed by atoms with van der Waals surface area (Å²) in [4.78, 5) is 31.0. The Kier molecular flexibility index (Phi) is 4.04. The van der Waals surface area contributed by atoms with Crippen LogP contribution in [0.4, 0.5) is 0 Å². The van der Waals surface area contributed by atoms with E-state index < -0.39 is 0 Å². The van der Waals surface area contributed by atoms with Gasteiger partial charge in [0.15, 0.2) is 0 Å². The van der Waals surface area contributed by atoms with E-state index in [4.69, 9.17) is 0 Å². The van der Waals surface area contributed by atoms with E-state index >= 15 is 0 Å². The number of fused-ring (bicyclic) bond motifs is 2. The molecule has 0 aliphatic rings. The molecule has 0 fully saturated rings. The van der Waals surface area contributed by atoms with Crippen molar-refractivity contribution in [3.05, 3.63) is 22.1 Å². The summed E-state index contributed by atoms with van der Waals surface area (Å²) < 4.78 is 2.09. The van der Waals surface area contributed by atoms with Gasteiger partial charge >= 0.3 is 0 Å². The Labute approximate surface area is 134 Å². The Morgan fingerprint density at radius 3 is 1.68 bits per heavy atom. The first-order valence-electron chi connectivity index (χ1n) is 6.69. The van der Waals surface area contributed by atoms with E-state index in [9.17, 15) is 9.59 Å². The fourth-order valence-corrected chi connectivity index (χ4v) is 3.84. The summed E-state index contributed by atoms with van der Waals surface area (Å²) in [6.45, 7) is 3.88. The molecule has 0 bridgehead atoms. The maximum absolute atomic E-state index is 11.0. The highest BCUT2D eigenvalue weighted by Gasteiger charge is 2.10. The first-order valence-corrected chi connectivity index (χ1v) is 8.32. The number of amides is 2. The van der Waals surface area contributed by atoms with Gasteiger partial charge in [-0.05, 0) is 12.1 Å². The quantitative estimate of drug-likeness (QED) is 0.766. The van der Waals surface area contributed by atoms with Crippen LogP contribution in [0.15, 0.2) is 12.1 Å². The van der Waals surface area contributed by atoms with E-state index in [1.165, 1.54) is 13.8 Å². The number of aromatic nitrogens is 2. The number of carbonyl (C=O) groups is 2. The summed E-state index contributed by atoms with van der Waals surface area (Å²) >= 11 is 3.10. The van der Waals surface area contributed by atoms with Crippen LogP contribution in [0.25, 0.3) is 20.4 Å². The number of carbonyl (C=O) groups excluding carboxylic acids is 2. The maximum Gasteiger partial charge on any atom is 0.217 e. The lowest BCUT2D eigenvalue weighted by atomic mass is 10.3. The van der Waals surface area contributed by atoms with Crippen LogP contribution in [0.1, 0.15) is 23.9 Å². The van der Waals surface area contributed by atoms with Gasteiger partial charge in [0.2, 0.25) is 11.8 Å². The Morgan fingerprint density at radius 2 is 1.32 bits per heavy atom. The lowest BCUT2D eigenvalue weighted by molar-refractivity contribution is -0.120. The second-order valence-electron chi connectivity index (χ2n) is 4.82. The minimum absolute atomic E-state index is 0.0653. The topological polar surface area (TPSA) is 84.0 Å². The largest absolute Gasteiger partial charge is 0.350 e. The van der Waals surface area contributed by atoms with Crippen molar-refractivity contribution in [1.82, 2.24) is 20.6 Å². The lowest BCUT2D eigenvalue weighted by Crippen LogP contribution is -2.18. The van der Waals surface area contributed by atoms with Gasteiger partial charge < -0.3 is 10.6 Å². The molecule has 3 aromatic rings. The van der Waals surface area contributed by atoms with Gasteiger partial charge in [-0.25, -0.2) is 9.97 Å². The number of thiazole rings is 2. The zero-order chi connectivity index (χ0) is 15.7. The van der Waals surface area contributed by atoms with Crippen molar-refractivity contribution in [2.45, 2.75) is 26.9 Å². The predicted molar refractivity (Wildman–Crippen MR) is 87.8 cm³/mol. The number of nitrogens with one attached hydrogen (secondary N) is 2.